The Balaban J connectivity index is 1.17. The van der Waals surface area contributed by atoms with E-state index in [1.54, 1.807) is 0 Å². The summed E-state index contributed by atoms with van der Waals surface area (Å²) < 4.78 is 6.70. The Morgan fingerprint density at radius 2 is 0.783 bits per heavy atom. The second kappa shape index (κ2) is 15.7. The normalized spacial score (nSPS) is 12.0. The maximum absolute atomic E-state index is 6.70. The van der Waals surface area contributed by atoms with Gasteiger partial charge in [-0.1, -0.05) is 188 Å². The number of benzene rings is 11. The van der Waals surface area contributed by atoms with E-state index in [-0.39, 0.29) is 0 Å². The van der Waals surface area contributed by atoms with Gasteiger partial charge < -0.3 is 14.2 Å². The largest absolute Gasteiger partial charge is 0.456 e. The van der Waals surface area contributed by atoms with Crippen LogP contribution in [0.5, 0.6) is 0 Å². The zero-order chi connectivity index (χ0) is 45.4. The van der Waals surface area contributed by atoms with Crippen LogP contribution >= 0.6 is 0 Å². The third-order valence-electron chi connectivity index (χ3n) is 14.2. The average Bonchev–Trinajstić information content (AvgIpc) is 3.75. The molecular formula is C66H42N2O. The third-order valence-corrected chi connectivity index (χ3v) is 14.2. The SMILES string of the molecule is c1ccc(N(c2ccc3c4ccccc4c4ccccc4c4ccccc4c4c(ccc5oc6ccccc6c54)c3c2)c2cccc3c2N(c2ccccc2)c2ccccc2-c2ccccc2-3)cc1. The van der Waals surface area contributed by atoms with E-state index < -0.39 is 0 Å². The smallest absolute Gasteiger partial charge is 0.136 e. The zero-order valence-corrected chi connectivity index (χ0v) is 37.6. The lowest BCUT2D eigenvalue weighted by Gasteiger charge is -2.34. The molecule has 69 heavy (non-hydrogen) atoms. The van der Waals surface area contributed by atoms with Gasteiger partial charge >= 0.3 is 0 Å². The molecule has 1 aliphatic rings. The van der Waals surface area contributed by atoms with Crippen molar-refractivity contribution < 1.29 is 4.42 Å². The predicted octanol–water partition coefficient (Wildman–Crippen LogP) is 19.1. The van der Waals surface area contributed by atoms with Crippen molar-refractivity contribution in [1.29, 1.82) is 0 Å². The van der Waals surface area contributed by atoms with Gasteiger partial charge in [0.25, 0.3) is 0 Å². The first-order valence-electron chi connectivity index (χ1n) is 23.7. The molecule has 0 amide bonds. The Bertz CT molecular complexity index is 4270. The Morgan fingerprint density at radius 3 is 1.48 bits per heavy atom. The summed E-state index contributed by atoms with van der Waals surface area (Å²) in [5.41, 5.74) is 13.0. The number of anilines is 6. The van der Waals surface area contributed by atoms with Crippen molar-refractivity contribution in [2.75, 3.05) is 9.80 Å². The first kappa shape index (κ1) is 39.0. The van der Waals surface area contributed by atoms with Gasteiger partial charge in [-0.3, -0.25) is 0 Å². The van der Waals surface area contributed by atoms with Crippen LogP contribution in [0.15, 0.2) is 259 Å². The number of para-hydroxylation sites is 5. The van der Waals surface area contributed by atoms with E-state index in [4.69, 9.17) is 4.42 Å². The van der Waals surface area contributed by atoms with Crippen molar-refractivity contribution in [2.45, 2.75) is 0 Å². The van der Waals surface area contributed by atoms with Gasteiger partial charge in [0.2, 0.25) is 0 Å². The highest BCUT2D eigenvalue weighted by Gasteiger charge is 2.31. The highest BCUT2D eigenvalue weighted by molar-refractivity contribution is 6.33. The molecule has 0 unspecified atom stereocenters. The van der Waals surface area contributed by atoms with Gasteiger partial charge in [0.1, 0.15) is 11.2 Å². The fourth-order valence-electron chi connectivity index (χ4n) is 11.3. The molecule has 13 aromatic rings. The lowest BCUT2D eigenvalue weighted by Crippen LogP contribution is -2.17. The van der Waals surface area contributed by atoms with Crippen molar-refractivity contribution in [1.82, 2.24) is 0 Å². The van der Waals surface area contributed by atoms with Gasteiger partial charge in [-0.05, 0) is 126 Å². The predicted molar refractivity (Wildman–Crippen MR) is 293 cm³/mol. The topological polar surface area (TPSA) is 19.6 Å². The van der Waals surface area contributed by atoms with Crippen LogP contribution in [0.3, 0.4) is 0 Å². The number of furan rings is 1. The summed E-state index contributed by atoms with van der Waals surface area (Å²) in [7, 11) is 0. The molecule has 1 aromatic heterocycles. The quantitative estimate of drug-likeness (QED) is 0.176. The van der Waals surface area contributed by atoms with Gasteiger partial charge in [-0.2, -0.15) is 0 Å². The van der Waals surface area contributed by atoms with Crippen LogP contribution < -0.4 is 9.80 Å². The minimum atomic E-state index is 0.868. The number of hydrogen-bond donors (Lipinski definition) is 0. The molecule has 1 aliphatic heterocycles. The molecule has 14 rings (SSSR count). The summed E-state index contributed by atoms with van der Waals surface area (Å²) in [5.74, 6) is 0. The fourth-order valence-corrected chi connectivity index (χ4v) is 11.3. The molecule has 0 bridgehead atoms. The van der Waals surface area contributed by atoms with Gasteiger partial charge in [0.05, 0.1) is 17.1 Å². The van der Waals surface area contributed by atoms with E-state index in [0.29, 0.717) is 0 Å². The summed E-state index contributed by atoms with van der Waals surface area (Å²) in [4.78, 5) is 4.93. The van der Waals surface area contributed by atoms with Crippen molar-refractivity contribution in [3.63, 3.8) is 0 Å². The molecule has 0 fully saturated rings. The molecule has 0 saturated carbocycles. The molecule has 322 valence electrons. The maximum Gasteiger partial charge on any atom is 0.136 e. The highest BCUT2D eigenvalue weighted by atomic mass is 16.3. The molecule has 0 saturated heterocycles. The second-order valence-corrected chi connectivity index (χ2v) is 17.9. The third kappa shape index (κ3) is 6.07. The lowest BCUT2D eigenvalue weighted by molar-refractivity contribution is 0.669. The molecule has 0 radical (unpaired) electrons. The van der Waals surface area contributed by atoms with E-state index in [1.165, 1.54) is 43.6 Å². The summed E-state index contributed by atoms with van der Waals surface area (Å²) in [6, 6.07) is 93.0. The van der Waals surface area contributed by atoms with Crippen LogP contribution in [0.1, 0.15) is 0 Å². The van der Waals surface area contributed by atoms with E-state index in [0.717, 1.165) is 88.6 Å². The van der Waals surface area contributed by atoms with Gasteiger partial charge in [0.15, 0.2) is 0 Å². The summed E-state index contributed by atoms with van der Waals surface area (Å²) in [6.45, 7) is 0. The van der Waals surface area contributed by atoms with Crippen molar-refractivity contribution in [3.8, 4) is 22.3 Å². The van der Waals surface area contributed by atoms with Gasteiger partial charge in [0, 0.05) is 44.3 Å². The molecule has 2 heterocycles. The van der Waals surface area contributed by atoms with Crippen molar-refractivity contribution >= 4 is 110 Å². The van der Waals surface area contributed by atoms with Crippen LogP contribution in [0.25, 0.3) is 98.1 Å². The molecule has 3 heteroatoms. The maximum atomic E-state index is 6.70. The standard InChI is InChI=1S/C66H42N2O/c1-3-20-43(21-4-1)67(61-36-19-34-57-52-30-12-11-28-50(52)54-31-15-17-35-60(54)68(66(57)61)44-22-5-2-6-23-44)45-38-39-53-49-27-10-8-25-47(49)46-24-7-9-26-48(46)51-29-13-14-32-55(51)64-56(59(53)42-45)40-41-63-65(64)58-33-16-18-37-62(58)69-63/h1-42H. The molecular weight excluding hydrogens is 837 g/mol. The fraction of sp³-hybridized carbons (Fsp3) is 0. The minimum Gasteiger partial charge on any atom is -0.456 e. The summed E-state index contributed by atoms with van der Waals surface area (Å²) >= 11 is 0. The first-order valence-corrected chi connectivity index (χ1v) is 23.7. The van der Waals surface area contributed by atoms with Crippen LogP contribution in [0.4, 0.5) is 34.1 Å². The lowest BCUT2D eigenvalue weighted by atomic mass is 9.92. The Kier molecular flexibility index (Phi) is 8.90. The number of nitrogens with zero attached hydrogens (tertiary/aromatic N) is 2. The number of fused-ring (bicyclic) bond motifs is 19. The Hall–Kier alpha value is -9.18. The van der Waals surface area contributed by atoms with Crippen molar-refractivity contribution in [3.05, 3.63) is 255 Å². The van der Waals surface area contributed by atoms with E-state index in [2.05, 4.69) is 265 Å². The first-order chi connectivity index (χ1) is 34.3. The van der Waals surface area contributed by atoms with E-state index >= 15 is 0 Å². The Labute approximate surface area is 399 Å². The van der Waals surface area contributed by atoms with Crippen molar-refractivity contribution in [2.24, 2.45) is 0 Å². The van der Waals surface area contributed by atoms with Gasteiger partial charge in [-0.15, -0.1) is 0 Å². The zero-order valence-electron chi connectivity index (χ0n) is 37.6. The summed E-state index contributed by atoms with van der Waals surface area (Å²) in [6.07, 6.45) is 0. The van der Waals surface area contributed by atoms with Crippen LogP contribution in [0.2, 0.25) is 0 Å². The van der Waals surface area contributed by atoms with E-state index in [1.807, 2.05) is 0 Å². The highest BCUT2D eigenvalue weighted by Crippen LogP contribution is 2.56. The van der Waals surface area contributed by atoms with Crippen LogP contribution in [-0.4, -0.2) is 0 Å². The molecule has 12 aromatic carbocycles. The van der Waals surface area contributed by atoms with Crippen LogP contribution in [-0.2, 0) is 0 Å². The Morgan fingerprint density at radius 1 is 0.290 bits per heavy atom. The average molecular weight is 879 g/mol. The molecule has 0 spiro atoms. The number of hydrogen-bond acceptors (Lipinski definition) is 3. The molecule has 0 atom stereocenters. The molecule has 0 N–H and O–H groups in total. The van der Waals surface area contributed by atoms with Crippen LogP contribution in [0, 0.1) is 0 Å². The molecule has 3 nitrogen and oxygen atoms in total. The molecule has 0 aliphatic carbocycles. The minimum absolute atomic E-state index is 0.868. The van der Waals surface area contributed by atoms with E-state index in [9.17, 15) is 0 Å². The number of rotatable bonds is 4. The second-order valence-electron chi connectivity index (χ2n) is 17.9. The monoisotopic (exact) mass is 878 g/mol. The summed E-state index contributed by atoms with van der Waals surface area (Å²) in [5, 5.41) is 13.9. The van der Waals surface area contributed by atoms with Gasteiger partial charge in [-0.25, -0.2) is 0 Å².